The number of sulfone groups is 1. The first-order chi connectivity index (χ1) is 15.6. The van der Waals surface area contributed by atoms with Crippen LogP contribution in [0.3, 0.4) is 0 Å². The van der Waals surface area contributed by atoms with E-state index in [2.05, 4.69) is 28.3 Å². The third-order valence-corrected chi connectivity index (χ3v) is 7.72. The van der Waals surface area contributed by atoms with Gasteiger partial charge in [0.1, 0.15) is 5.82 Å². The van der Waals surface area contributed by atoms with Crippen molar-refractivity contribution in [1.29, 1.82) is 0 Å². The molecule has 1 aliphatic heterocycles. The first-order valence-corrected chi connectivity index (χ1v) is 13.5. The van der Waals surface area contributed by atoms with Gasteiger partial charge in [0.05, 0.1) is 28.1 Å². The van der Waals surface area contributed by atoms with Crippen molar-refractivity contribution in [2.24, 2.45) is 5.92 Å². The van der Waals surface area contributed by atoms with Gasteiger partial charge in [-0.15, -0.1) is 0 Å². The molecule has 0 saturated heterocycles. The average Bonchev–Trinajstić information content (AvgIpc) is 3.13. The Morgan fingerprint density at radius 1 is 1.18 bits per heavy atom. The largest absolute Gasteiger partial charge is 0.388 e. The van der Waals surface area contributed by atoms with Gasteiger partial charge >= 0.3 is 0 Å². The third-order valence-electron chi connectivity index (χ3n) is 6.54. The molecule has 1 aromatic carbocycles. The molecule has 33 heavy (non-hydrogen) atoms. The van der Waals surface area contributed by atoms with Gasteiger partial charge in [-0.25, -0.2) is 23.4 Å². The highest BCUT2D eigenvalue weighted by Gasteiger charge is 2.35. The first kappa shape index (κ1) is 23.6. The number of rotatable bonds is 6. The highest BCUT2D eigenvalue weighted by atomic mass is 32.2. The highest BCUT2D eigenvalue weighted by Crippen LogP contribution is 2.37. The lowest BCUT2D eigenvalue weighted by Gasteiger charge is -2.38. The number of aliphatic hydroxyl groups is 1. The van der Waals surface area contributed by atoms with Crippen LogP contribution < -0.4 is 4.90 Å². The van der Waals surface area contributed by atoms with Crippen molar-refractivity contribution in [1.82, 2.24) is 19.5 Å². The van der Waals surface area contributed by atoms with Crippen LogP contribution in [0.2, 0.25) is 0 Å². The van der Waals surface area contributed by atoms with E-state index in [-0.39, 0.29) is 12.0 Å². The summed E-state index contributed by atoms with van der Waals surface area (Å²) in [5, 5.41) is 10.2. The number of aryl methyl sites for hydroxylation is 2. The van der Waals surface area contributed by atoms with E-state index in [1.165, 1.54) is 6.26 Å². The lowest BCUT2D eigenvalue weighted by Crippen LogP contribution is -2.42. The zero-order chi connectivity index (χ0) is 24.1. The summed E-state index contributed by atoms with van der Waals surface area (Å²) in [5.41, 5.74) is 4.00. The average molecular weight is 472 g/mol. The normalized spacial score (nSPS) is 17.6. The van der Waals surface area contributed by atoms with Gasteiger partial charge in [-0.1, -0.05) is 27.7 Å². The van der Waals surface area contributed by atoms with Crippen molar-refractivity contribution in [2.75, 3.05) is 17.7 Å². The number of aromatic nitrogens is 4. The van der Waals surface area contributed by atoms with Crippen molar-refractivity contribution >= 4 is 26.8 Å². The van der Waals surface area contributed by atoms with Crippen LogP contribution in [0.25, 0.3) is 11.0 Å². The molecule has 0 aliphatic carbocycles. The van der Waals surface area contributed by atoms with Crippen LogP contribution in [0.4, 0.5) is 5.95 Å². The number of anilines is 1. The Labute approximate surface area is 195 Å². The maximum atomic E-state index is 12.4. The summed E-state index contributed by atoms with van der Waals surface area (Å²) in [6.45, 7) is 11.4. The smallest absolute Gasteiger partial charge is 0.226 e. The second kappa shape index (κ2) is 8.68. The molecule has 0 radical (unpaired) electrons. The molecule has 178 valence electrons. The molecule has 0 bridgehead atoms. The molecule has 3 heterocycles. The quantitative estimate of drug-likeness (QED) is 0.584. The number of fused-ring (bicyclic) bond motifs is 3. The topological polar surface area (TPSA) is 101 Å². The Balaban J connectivity index is 1.83. The predicted octanol–water partition coefficient (Wildman–Crippen LogP) is 3.76. The Kier molecular flexibility index (Phi) is 6.22. The van der Waals surface area contributed by atoms with E-state index in [1.807, 2.05) is 26.8 Å². The molecular weight excluding hydrogens is 438 g/mol. The number of nitrogens with zero attached hydrogens (tertiary/aromatic N) is 5. The van der Waals surface area contributed by atoms with Crippen molar-refractivity contribution in [3.63, 3.8) is 0 Å². The summed E-state index contributed by atoms with van der Waals surface area (Å²) in [4.78, 5) is 16.9. The monoisotopic (exact) mass is 471 g/mol. The lowest BCUT2D eigenvalue weighted by atomic mass is 10.00. The lowest BCUT2D eigenvalue weighted by molar-refractivity contribution is 0.172. The van der Waals surface area contributed by atoms with Gasteiger partial charge in [0.15, 0.2) is 9.84 Å². The fourth-order valence-corrected chi connectivity index (χ4v) is 5.82. The van der Waals surface area contributed by atoms with Gasteiger partial charge in [-0.05, 0) is 43.4 Å². The minimum absolute atomic E-state index is 0.0562. The second-order valence-electron chi connectivity index (χ2n) is 9.21. The zero-order valence-electron chi connectivity index (χ0n) is 20.2. The predicted molar refractivity (Wildman–Crippen MR) is 129 cm³/mol. The number of aliphatic hydroxyl groups excluding tert-OH is 1. The molecule has 2 aromatic heterocycles. The van der Waals surface area contributed by atoms with E-state index >= 15 is 0 Å². The molecule has 4 rings (SSSR count). The summed E-state index contributed by atoms with van der Waals surface area (Å²) in [7, 11) is -3.34. The molecule has 8 nitrogen and oxygen atoms in total. The maximum absolute atomic E-state index is 12.4. The molecule has 1 N–H and O–H groups in total. The van der Waals surface area contributed by atoms with Crippen LogP contribution in [0.1, 0.15) is 68.9 Å². The Bertz CT molecular complexity index is 1300. The highest BCUT2D eigenvalue weighted by molar-refractivity contribution is 7.90. The molecule has 0 saturated carbocycles. The molecule has 9 heteroatoms. The van der Waals surface area contributed by atoms with Gasteiger partial charge < -0.3 is 14.6 Å². The van der Waals surface area contributed by atoms with Crippen molar-refractivity contribution in [2.45, 2.75) is 71.0 Å². The minimum atomic E-state index is -3.34. The van der Waals surface area contributed by atoms with E-state index in [4.69, 9.17) is 9.97 Å². The van der Waals surface area contributed by atoms with Gasteiger partial charge in [0.2, 0.25) is 5.95 Å². The van der Waals surface area contributed by atoms with E-state index in [0.29, 0.717) is 36.8 Å². The second-order valence-corrected chi connectivity index (χ2v) is 11.2. The Hall–Kier alpha value is -2.52. The van der Waals surface area contributed by atoms with Crippen molar-refractivity contribution in [3.05, 3.63) is 41.0 Å². The first-order valence-electron chi connectivity index (χ1n) is 11.6. The van der Waals surface area contributed by atoms with Crippen LogP contribution in [-0.4, -0.2) is 45.8 Å². The molecular formula is C24H33N5O3S. The fourth-order valence-electron chi connectivity index (χ4n) is 4.81. The summed E-state index contributed by atoms with van der Waals surface area (Å²) in [6.07, 6.45) is 3.66. The maximum Gasteiger partial charge on any atom is 0.226 e. The van der Waals surface area contributed by atoms with E-state index in [9.17, 15) is 13.5 Å². The van der Waals surface area contributed by atoms with Crippen LogP contribution >= 0.6 is 0 Å². The van der Waals surface area contributed by atoms with Crippen molar-refractivity contribution < 1.29 is 13.5 Å². The molecule has 0 spiro atoms. The number of hydrogen-bond donors (Lipinski definition) is 1. The number of benzene rings is 1. The Morgan fingerprint density at radius 2 is 1.91 bits per heavy atom. The summed E-state index contributed by atoms with van der Waals surface area (Å²) in [5.74, 6) is 1.76. The number of hydrogen-bond acceptors (Lipinski definition) is 7. The van der Waals surface area contributed by atoms with Gasteiger partial charge in [0, 0.05) is 36.8 Å². The fraction of sp³-hybridized carbons (Fsp3) is 0.542. The molecule has 2 atom stereocenters. The van der Waals surface area contributed by atoms with Crippen LogP contribution in [0.5, 0.6) is 0 Å². The van der Waals surface area contributed by atoms with E-state index < -0.39 is 15.9 Å². The Morgan fingerprint density at radius 3 is 2.48 bits per heavy atom. The van der Waals surface area contributed by atoms with E-state index in [0.717, 1.165) is 33.7 Å². The molecule has 1 unspecified atom stereocenters. The molecule has 1 aliphatic rings. The summed E-state index contributed by atoms with van der Waals surface area (Å²) < 4.78 is 27.0. The molecule has 0 fully saturated rings. The molecule has 3 aromatic rings. The van der Waals surface area contributed by atoms with Crippen LogP contribution in [0.15, 0.2) is 23.2 Å². The standard InChI is InChI=1S/C24H33N5O3S/c1-7-16-11-18-19(12-21(16)33(6,31)32)28-9-10-29(22(14(3)4)23(28)27-18)24-25-13-17(15(5)26-24)20(30)8-2/h11-14,20,22,30H,7-10H2,1-6H3/t20?,22-/m1/s1. The van der Waals surface area contributed by atoms with Gasteiger partial charge in [0.25, 0.3) is 0 Å². The zero-order valence-corrected chi connectivity index (χ0v) is 21.0. The summed E-state index contributed by atoms with van der Waals surface area (Å²) in [6, 6.07) is 3.65. The van der Waals surface area contributed by atoms with Gasteiger partial charge in [-0.3, -0.25) is 0 Å². The van der Waals surface area contributed by atoms with Crippen LogP contribution in [0, 0.1) is 12.8 Å². The third kappa shape index (κ3) is 4.12. The molecule has 0 amide bonds. The summed E-state index contributed by atoms with van der Waals surface area (Å²) >= 11 is 0. The van der Waals surface area contributed by atoms with Gasteiger partial charge in [-0.2, -0.15) is 0 Å². The van der Waals surface area contributed by atoms with Crippen LogP contribution in [-0.2, 0) is 22.8 Å². The van der Waals surface area contributed by atoms with Crippen molar-refractivity contribution in [3.8, 4) is 0 Å². The van der Waals surface area contributed by atoms with E-state index in [1.54, 1.807) is 12.3 Å². The SMILES string of the molecule is CCc1cc2nc3n(c2cc1S(C)(=O)=O)CCN(c1ncc(C(O)CC)c(C)n1)[C@@H]3C(C)C. The minimum Gasteiger partial charge on any atom is -0.388 e. The number of imidazole rings is 1.